The Kier molecular flexibility index (Phi) is 6.88. The van der Waals surface area contributed by atoms with Crippen LogP contribution in [0.3, 0.4) is 0 Å². The van der Waals surface area contributed by atoms with Gasteiger partial charge in [-0.3, -0.25) is 0 Å². The summed E-state index contributed by atoms with van der Waals surface area (Å²) < 4.78 is 10.9. The van der Waals surface area contributed by atoms with Crippen molar-refractivity contribution in [2.45, 2.75) is 38.9 Å². The maximum absolute atomic E-state index is 5.53. The largest absolute Gasteiger partial charge is 0.493 e. The van der Waals surface area contributed by atoms with Crippen molar-refractivity contribution in [3.05, 3.63) is 65.4 Å². The van der Waals surface area contributed by atoms with Gasteiger partial charge >= 0.3 is 0 Å². The van der Waals surface area contributed by atoms with Gasteiger partial charge in [0.25, 0.3) is 0 Å². The lowest BCUT2D eigenvalue weighted by atomic mass is 9.99. The van der Waals surface area contributed by atoms with E-state index in [1.807, 2.05) is 6.07 Å². The van der Waals surface area contributed by atoms with Crippen LogP contribution in [0.15, 0.2) is 54.2 Å². The van der Waals surface area contributed by atoms with Gasteiger partial charge in [0.1, 0.15) is 0 Å². The highest BCUT2D eigenvalue weighted by atomic mass is 28.3. The van der Waals surface area contributed by atoms with E-state index in [1.165, 1.54) is 34.8 Å². The molecule has 0 atom stereocenters. The zero-order valence-corrected chi connectivity index (χ0v) is 17.1. The number of rotatable bonds is 8. The Morgan fingerprint density at radius 2 is 1.40 bits per heavy atom. The standard InChI is InChI=1S/C22H30O2Si/c1-6-25(7-2,8-3)17-20(18-12-10-9-11-13-18)19-14-15-21(23-4)22(16-19)24-5/h9-17H,6-8H2,1-5H3/b20-17+. The fourth-order valence-corrected chi connectivity index (χ4v) is 6.38. The van der Waals surface area contributed by atoms with Crippen molar-refractivity contribution in [3.63, 3.8) is 0 Å². The topological polar surface area (TPSA) is 18.5 Å². The minimum absolute atomic E-state index is 0.767. The Bertz CT molecular complexity index is 695. The summed E-state index contributed by atoms with van der Waals surface area (Å²) in [7, 11) is 1.94. The van der Waals surface area contributed by atoms with E-state index in [-0.39, 0.29) is 0 Å². The predicted molar refractivity (Wildman–Crippen MR) is 110 cm³/mol. The summed E-state index contributed by atoms with van der Waals surface area (Å²) in [6, 6.07) is 20.7. The third kappa shape index (κ3) is 4.34. The third-order valence-electron chi connectivity index (χ3n) is 5.34. The molecule has 0 N–H and O–H groups in total. The molecule has 0 unspecified atom stereocenters. The number of ether oxygens (including phenoxy) is 2. The average Bonchev–Trinajstić information content (AvgIpc) is 2.69. The summed E-state index contributed by atoms with van der Waals surface area (Å²) >= 11 is 0. The van der Waals surface area contributed by atoms with Crippen molar-refractivity contribution in [3.8, 4) is 11.5 Å². The summed E-state index contributed by atoms with van der Waals surface area (Å²) in [5, 5.41) is 0. The maximum Gasteiger partial charge on any atom is 0.161 e. The van der Waals surface area contributed by atoms with Crippen molar-refractivity contribution in [1.82, 2.24) is 0 Å². The molecule has 0 aliphatic heterocycles. The SMILES string of the molecule is CC[Si](/C=C(\c1ccccc1)c1ccc(OC)c(OC)c1)(CC)CC. The summed E-state index contributed by atoms with van der Waals surface area (Å²) in [6.07, 6.45) is 0. The molecule has 0 aromatic heterocycles. The first kappa shape index (κ1) is 19.3. The van der Waals surface area contributed by atoms with Gasteiger partial charge in [-0.2, -0.15) is 0 Å². The van der Waals surface area contributed by atoms with Crippen LogP contribution in [0.1, 0.15) is 31.9 Å². The predicted octanol–water partition coefficient (Wildman–Crippen LogP) is 6.18. The van der Waals surface area contributed by atoms with Crippen molar-refractivity contribution >= 4 is 13.6 Å². The first-order valence-corrected chi connectivity index (χ1v) is 11.8. The minimum atomic E-state index is -1.43. The molecule has 0 saturated carbocycles. The smallest absolute Gasteiger partial charge is 0.161 e. The van der Waals surface area contributed by atoms with E-state index in [9.17, 15) is 0 Å². The van der Waals surface area contributed by atoms with Crippen LogP contribution in [0.5, 0.6) is 11.5 Å². The van der Waals surface area contributed by atoms with Crippen LogP contribution >= 0.6 is 0 Å². The quantitative estimate of drug-likeness (QED) is 0.527. The Morgan fingerprint density at radius 3 is 1.92 bits per heavy atom. The molecule has 0 saturated heterocycles. The molecule has 2 rings (SSSR count). The summed E-state index contributed by atoms with van der Waals surface area (Å²) in [6.45, 7) is 7.02. The highest BCUT2D eigenvalue weighted by molar-refractivity contribution is 6.85. The molecule has 0 amide bonds. The lowest BCUT2D eigenvalue weighted by Gasteiger charge is -2.26. The van der Waals surface area contributed by atoms with E-state index in [1.54, 1.807) is 14.2 Å². The van der Waals surface area contributed by atoms with Crippen LogP contribution in [0.4, 0.5) is 0 Å². The molecule has 0 spiro atoms. The first-order chi connectivity index (χ1) is 12.1. The van der Waals surface area contributed by atoms with Gasteiger partial charge in [-0.05, 0) is 28.8 Å². The number of methoxy groups -OCH3 is 2. The van der Waals surface area contributed by atoms with E-state index in [0.717, 1.165) is 11.5 Å². The van der Waals surface area contributed by atoms with Crippen LogP contribution in [-0.4, -0.2) is 22.3 Å². The van der Waals surface area contributed by atoms with Gasteiger partial charge < -0.3 is 9.47 Å². The number of hydrogen-bond donors (Lipinski definition) is 0. The van der Waals surface area contributed by atoms with E-state index < -0.39 is 8.07 Å². The molecule has 2 aromatic carbocycles. The Morgan fingerprint density at radius 1 is 0.800 bits per heavy atom. The zero-order chi connectivity index (χ0) is 18.3. The van der Waals surface area contributed by atoms with Crippen LogP contribution in [0.2, 0.25) is 18.1 Å². The number of benzene rings is 2. The van der Waals surface area contributed by atoms with Gasteiger partial charge in [0.05, 0.1) is 22.3 Å². The third-order valence-corrected chi connectivity index (χ3v) is 10.5. The van der Waals surface area contributed by atoms with Gasteiger partial charge in [0.15, 0.2) is 11.5 Å². The first-order valence-electron chi connectivity index (χ1n) is 9.13. The molecule has 0 heterocycles. The van der Waals surface area contributed by atoms with Gasteiger partial charge in [0, 0.05) is 0 Å². The second-order valence-electron chi connectivity index (χ2n) is 6.42. The van der Waals surface area contributed by atoms with Gasteiger partial charge in [-0.15, -0.1) is 0 Å². The molecular formula is C22H30O2Si. The fraction of sp³-hybridized carbons (Fsp3) is 0.364. The molecule has 2 nitrogen and oxygen atoms in total. The van der Waals surface area contributed by atoms with Crippen LogP contribution < -0.4 is 9.47 Å². The van der Waals surface area contributed by atoms with Crippen LogP contribution in [0.25, 0.3) is 5.57 Å². The molecule has 0 aliphatic carbocycles. The molecule has 0 aliphatic rings. The van der Waals surface area contributed by atoms with Gasteiger partial charge in [0.2, 0.25) is 0 Å². The van der Waals surface area contributed by atoms with Gasteiger partial charge in [-0.25, -0.2) is 0 Å². The van der Waals surface area contributed by atoms with E-state index in [2.05, 4.69) is 68.9 Å². The van der Waals surface area contributed by atoms with E-state index in [4.69, 9.17) is 9.47 Å². The van der Waals surface area contributed by atoms with Crippen molar-refractivity contribution in [2.24, 2.45) is 0 Å². The maximum atomic E-state index is 5.53. The summed E-state index contributed by atoms with van der Waals surface area (Å²) in [4.78, 5) is 0. The molecule has 25 heavy (non-hydrogen) atoms. The van der Waals surface area contributed by atoms with Crippen molar-refractivity contribution in [2.75, 3.05) is 14.2 Å². The second kappa shape index (κ2) is 8.91. The zero-order valence-electron chi connectivity index (χ0n) is 16.1. The second-order valence-corrected chi connectivity index (χ2v) is 11.6. The summed E-state index contributed by atoms with van der Waals surface area (Å²) in [5.74, 6) is 1.54. The highest BCUT2D eigenvalue weighted by Gasteiger charge is 2.25. The molecule has 2 aromatic rings. The highest BCUT2D eigenvalue weighted by Crippen LogP contribution is 2.35. The average molecular weight is 355 g/mol. The van der Waals surface area contributed by atoms with Crippen LogP contribution in [0, 0.1) is 0 Å². The molecule has 134 valence electrons. The Labute approximate surface area is 153 Å². The molecule has 0 bridgehead atoms. The van der Waals surface area contributed by atoms with Crippen molar-refractivity contribution in [1.29, 1.82) is 0 Å². The lowest BCUT2D eigenvalue weighted by molar-refractivity contribution is 0.355. The minimum Gasteiger partial charge on any atom is -0.493 e. The van der Waals surface area contributed by atoms with Crippen LogP contribution in [-0.2, 0) is 0 Å². The Balaban J connectivity index is 2.64. The monoisotopic (exact) mass is 354 g/mol. The fourth-order valence-electron chi connectivity index (χ4n) is 3.32. The summed E-state index contributed by atoms with van der Waals surface area (Å²) in [5.41, 5.74) is 6.38. The Hall–Kier alpha value is -2.00. The van der Waals surface area contributed by atoms with Gasteiger partial charge in [-0.1, -0.05) is 81.0 Å². The molecule has 3 heteroatoms. The molecule has 0 radical (unpaired) electrons. The van der Waals surface area contributed by atoms with E-state index in [0.29, 0.717) is 0 Å². The normalized spacial score (nSPS) is 12.1. The number of hydrogen-bond acceptors (Lipinski definition) is 2. The molecule has 0 fully saturated rings. The lowest BCUT2D eigenvalue weighted by Crippen LogP contribution is -2.29. The molecular weight excluding hydrogens is 324 g/mol. The van der Waals surface area contributed by atoms with Crippen molar-refractivity contribution < 1.29 is 9.47 Å². The van der Waals surface area contributed by atoms with E-state index >= 15 is 0 Å².